The lowest BCUT2D eigenvalue weighted by Gasteiger charge is -2.22. The van der Waals surface area contributed by atoms with Crippen LogP contribution in [0.2, 0.25) is 0 Å². The van der Waals surface area contributed by atoms with Crippen LogP contribution < -0.4 is 4.90 Å². The molecule has 2 aromatic rings. The van der Waals surface area contributed by atoms with Gasteiger partial charge in [-0.25, -0.2) is 4.98 Å². The Morgan fingerprint density at radius 3 is 2.38 bits per heavy atom. The van der Waals surface area contributed by atoms with Gasteiger partial charge < -0.3 is 9.80 Å². The number of pyridine rings is 1. The standard InChI is InChI=1S/C20H25N3O/c1-22(16-17-9-5-4-6-10-17)20(24)19-12-11-18(15-21-19)23-13-7-2-3-8-14-23/h4-6,9-12,15H,2-3,7-8,13-14,16H2,1H3. The molecule has 0 unspecified atom stereocenters. The second kappa shape index (κ2) is 7.95. The minimum absolute atomic E-state index is 0.0405. The summed E-state index contributed by atoms with van der Waals surface area (Å²) in [5.74, 6) is -0.0405. The summed E-state index contributed by atoms with van der Waals surface area (Å²) >= 11 is 0. The smallest absolute Gasteiger partial charge is 0.272 e. The van der Waals surface area contributed by atoms with Crippen LogP contribution in [0.4, 0.5) is 5.69 Å². The second-order valence-corrected chi connectivity index (χ2v) is 6.45. The topological polar surface area (TPSA) is 36.4 Å². The van der Waals surface area contributed by atoms with Gasteiger partial charge in [0, 0.05) is 26.7 Å². The van der Waals surface area contributed by atoms with E-state index in [-0.39, 0.29) is 5.91 Å². The number of nitrogens with zero attached hydrogens (tertiary/aromatic N) is 3. The number of hydrogen-bond acceptors (Lipinski definition) is 3. The van der Waals surface area contributed by atoms with Gasteiger partial charge >= 0.3 is 0 Å². The van der Waals surface area contributed by atoms with Gasteiger partial charge in [0.2, 0.25) is 0 Å². The fraction of sp³-hybridized carbons (Fsp3) is 0.400. The van der Waals surface area contributed by atoms with Crippen molar-refractivity contribution in [2.75, 3.05) is 25.0 Å². The lowest BCUT2D eigenvalue weighted by molar-refractivity contribution is 0.0779. The SMILES string of the molecule is CN(Cc1ccccc1)C(=O)c1ccc(N2CCCCCC2)cn1. The number of amides is 1. The highest BCUT2D eigenvalue weighted by Crippen LogP contribution is 2.19. The number of carbonyl (C=O) groups excluding carboxylic acids is 1. The van der Waals surface area contributed by atoms with Crippen LogP contribution in [0, 0.1) is 0 Å². The van der Waals surface area contributed by atoms with Crippen LogP contribution in [-0.2, 0) is 6.54 Å². The largest absolute Gasteiger partial charge is 0.370 e. The van der Waals surface area contributed by atoms with Crippen LogP contribution >= 0.6 is 0 Å². The van der Waals surface area contributed by atoms with Gasteiger partial charge in [-0.1, -0.05) is 43.2 Å². The molecule has 1 aliphatic heterocycles. The van der Waals surface area contributed by atoms with Gasteiger partial charge in [0.25, 0.3) is 5.91 Å². The van der Waals surface area contributed by atoms with E-state index >= 15 is 0 Å². The molecule has 1 aromatic carbocycles. The molecule has 1 saturated heterocycles. The molecule has 0 saturated carbocycles. The van der Waals surface area contributed by atoms with Crippen molar-refractivity contribution in [2.24, 2.45) is 0 Å². The number of anilines is 1. The van der Waals surface area contributed by atoms with E-state index in [9.17, 15) is 4.79 Å². The van der Waals surface area contributed by atoms with Gasteiger partial charge in [-0.05, 0) is 30.5 Å². The Labute approximate surface area is 144 Å². The molecule has 3 rings (SSSR count). The van der Waals surface area contributed by atoms with Gasteiger partial charge in [-0.3, -0.25) is 4.79 Å². The first kappa shape index (κ1) is 16.5. The molecule has 0 N–H and O–H groups in total. The molecule has 1 fully saturated rings. The first-order valence-electron chi connectivity index (χ1n) is 8.74. The van der Waals surface area contributed by atoms with E-state index in [2.05, 4.69) is 9.88 Å². The number of carbonyl (C=O) groups is 1. The Hall–Kier alpha value is -2.36. The fourth-order valence-electron chi connectivity index (χ4n) is 3.15. The number of benzene rings is 1. The van der Waals surface area contributed by atoms with Crippen LogP contribution in [0.25, 0.3) is 0 Å². The summed E-state index contributed by atoms with van der Waals surface area (Å²) in [6.07, 6.45) is 6.94. The highest BCUT2D eigenvalue weighted by Gasteiger charge is 2.15. The fourth-order valence-corrected chi connectivity index (χ4v) is 3.15. The average Bonchev–Trinajstić information content (AvgIpc) is 2.91. The zero-order valence-electron chi connectivity index (χ0n) is 14.3. The lowest BCUT2D eigenvalue weighted by Crippen LogP contribution is -2.27. The maximum Gasteiger partial charge on any atom is 0.272 e. The summed E-state index contributed by atoms with van der Waals surface area (Å²) in [5.41, 5.74) is 2.75. The Kier molecular flexibility index (Phi) is 5.47. The predicted octanol–water partition coefficient (Wildman–Crippen LogP) is 3.73. The van der Waals surface area contributed by atoms with E-state index in [1.54, 1.807) is 4.90 Å². The third kappa shape index (κ3) is 4.13. The monoisotopic (exact) mass is 323 g/mol. The van der Waals surface area contributed by atoms with Crippen molar-refractivity contribution in [3.05, 3.63) is 59.9 Å². The van der Waals surface area contributed by atoms with Crippen LogP contribution in [0.5, 0.6) is 0 Å². The Morgan fingerprint density at radius 1 is 1.04 bits per heavy atom. The zero-order chi connectivity index (χ0) is 16.8. The number of rotatable bonds is 4. The third-order valence-electron chi connectivity index (χ3n) is 4.55. The van der Waals surface area contributed by atoms with Crippen LogP contribution in [0.15, 0.2) is 48.7 Å². The molecule has 2 heterocycles. The first-order chi connectivity index (χ1) is 11.7. The molecule has 1 aromatic heterocycles. The minimum atomic E-state index is -0.0405. The highest BCUT2D eigenvalue weighted by atomic mass is 16.2. The van der Waals surface area contributed by atoms with E-state index in [0.29, 0.717) is 12.2 Å². The van der Waals surface area contributed by atoms with E-state index in [4.69, 9.17) is 0 Å². The van der Waals surface area contributed by atoms with E-state index in [1.807, 2.05) is 55.7 Å². The number of hydrogen-bond donors (Lipinski definition) is 0. The van der Waals surface area contributed by atoms with Crippen LogP contribution in [-0.4, -0.2) is 35.9 Å². The molecule has 0 radical (unpaired) electrons. The van der Waals surface area contributed by atoms with Gasteiger partial charge in [-0.2, -0.15) is 0 Å². The summed E-state index contributed by atoms with van der Waals surface area (Å²) in [5, 5.41) is 0. The molecule has 24 heavy (non-hydrogen) atoms. The van der Waals surface area contributed by atoms with Gasteiger partial charge in [-0.15, -0.1) is 0 Å². The third-order valence-corrected chi connectivity index (χ3v) is 4.55. The van der Waals surface area contributed by atoms with Crippen LogP contribution in [0.3, 0.4) is 0 Å². The molecule has 1 amide bonds. The Bertz CT molecular complexity index is 646. The minimum Gasteiger partial charge on any atom is -0.370 e. The van der Waals surface area contributed by atoms with Crippen molar-refractivity contribution in [1.82, 2.24) is 9.88 Å². The molecular formula is C20H25N3O. The molecular weight excluding hydrogens is 298 g/mol. The molecule has 0 aliphatic carbocycles. The summed E-state index contributed by atoms with van der Waals surface area (Å²) < 4.78 is 0. The lowest BCUT2D eigenvalue weighted by atomic mass is 10.2. The molecule has 1 aliphatic rings. The number of aromatic nitrogens is 1. The molecule has 4 nitrogen and oxygen atoms in total. The Balaban J connectivity index is 1.64. The molecule has 0 atom stereocenters. The molecule has 0 spiro atoms. The van der Waals surface area contributed by atoms with E-state index < -0.39 is 0 Å². The van der Waals surface area contributed by atoms with Crippen molar-refractivity contribution in [3.8, 4) is 0 Å². The summed E-state index contributed by atoms with van der Waals surface area (Å²) in [4.78, 5) is 21.0. The van der Waals surface area contributed by atoms with Gasteiger partial charge in [0.05, 0.1) is 11.9 Å². The van der Waals surface area contributed by atoms with Gasteiger partial charge in [0.15, 0.2) is 0 Å². The summed E-state index contributed by atoms with van der Waals surface area (Å²) in [7, 11) is 1.82. The average molecular weight is 323 g/mol. The maximum absolute atomic E-state index is 12.5. The zero-order valence-corrected chi connectivity index (χ0v) is 14.3. The molecule has 0 bridgehead atoms. The van der Waals surface area contributed by atoms with E-state index in [1.165, 1.54) is 25.7 Å². The quantitative estimate of drug-likeness (QED) is 0.860. The van der Waals surface area contributed by atoms with Crippen molar-refractivity contribution in [1.29, 1.82) is 0 Å². The highest BCUT2D eigenvalue weighted by molar-refractivity contribution is 5.92. The van der Waals surface area contributed by atoms with Crippen LogP contribution in [0.1, 0.15) is 41.7 Å². The predicted molar refractivity (Wildman–Crippen MR) is 97.2 cm³/mol. The summed E-state index contributed by atoms with van der Waals surface area (Å²) in [6, 6.07) is 13.9. The normalized spacial score (nSPS) is 15.0. The summed E-state index contributed by atoms with van der Waals surface area (Å²) in [6.45, 7) is 2.76. The van der Waals surface area contributed by atoms with Crippen molar-refractivity contribution >= 4 is 11.6 Å². The maximum atomic E-state index is 12.5. The van der Waals surface area contributed by atoms with E-state index in [0.717, 1.165) is 24.3 Å². The Morgan fingerprint density at radius 2 is 1.75 bits per heavy atom. The second-order valence-electron chi connectivity index (χ2n) is 6.45. The molecule has 126 valence electrons. The molecule has 4 heteroatoms. The van der Waals surface area contributed by atoms with Crippen molar-refractivity contribution in [2.45, 2.75) is 32.2 Å². The van der Waals surface area contributed by atoms with Crippen molar-refractivity contribution < 1.29 is 4.79 Å². The van der Waals surface area contributed by atoms with Crippen molar-refractivity contribution in [3.63, 3.8) is 0 Å². The van der Waals surface area contributed by atoms with Gasteiger partial charge in [0.1, 0.15) is 5.69 Å². The first-order valence-corrected chi connectivity index (χ1v) is 8.74.